The SMILES string of the molecule is CCc1ccc(O)c(C(=O)NCC(c2cccc(F)c2)N2CCOCC2)c1. The molecule has 0 spiro atoms. The average Bonchev–Trinajstić information content (AvgIpc) is 2.69. The highest BCUT2D eigenvalue weighted by Crippen LogP contribution is 2.23. The van der Waals surface area contributed by atoms with E-state index in [9.17, 15) is 14.3 Å². The van der Waals surface area contributed by atoms with Crippen molar-refractivity contribution in [1.29, 1.82) is 0 Å². The number of benzene rings is 2. The van der Waals surface area contributed by atoms with E-state index in [1.807, 2.05) is 13.0 Å². The summed E-state index contributed by atoms with van der Waals surface area (Å²) in [6.07, 6.45) is 0.778. The molecule has 1 aliphatic rings. The lowest BCUT2D eigenvalue weighted by Crippen LogP contribution is -2.43. The Hall–Kier alpha value is -2.44. The van der Waals surface area contributed by atoms with Gasteiger partial charge in [-0.3, -0.25) is 9.69 Å². The molecule has 3 rings (SSSR count). The van der Waals surface area contributed by atoms with Gasteiger partial charge in [-0.1, -0.05) is 25.1 Å². The van der Waals surface area contributed by atoms with Gasteiger partial charge in [-0.25, -0.2) is 4.39 Å². The second kappa shape index (κ2) is 8.97. The number of carbonyl (C=O) groups is 1. The zero-order valence-corrected chi connectivity index (χ0v) is 15.5. The summed E-state index contributed by atoms with van der Waals surface area (Å²) in [6.45, 7) is 4.96. The Kier molecular flexibility index (Phi) is 6.42. The van der Waals surface area contributed by atoms with Crippen molar-refractivity contribution in [3.05, 3.63) is 65.0 Å². The third kappa shape index (κ3) is 4.84. The lowest BCUT2D eigenvalue weighted by molar-refractivity contribution is 0.0161. The Morgan fingerprint density at radius 2 is 2.04 bits per heavy atom. The maximum absolute atomic E-state index is 13.7. The van der Waals surface area contributed by atoms with Crippen LogP contribution in [0, 0.1) is 5.82 Å². The van der Waals surface area contributed by atoms with Crippen LogP contribution < -0.4 is 5.32 Å². The number of hydrogen-bond acceptors (Lipinski definition) is 4. The molecule has 6 heteroatoms. The second-order valence-corrected chi connectivity index (χ2v) is 6.63. The molecular weight excluding hydrogens is 347 g/mol. The van der Waals surface area contributed by atoms with Gasteiger partial charge in [0.05, 0.1) is 24.8 Å². The smallest absolute Gasteiger partial charge is 0.255 e. The number of halogens is 1. The quantitative estimate of drug-likeness (QED) is 0.819. The number of nitrogens with zero attached hydrogens (tertiary/aromatic N) is 1. The number of hydrogen-bond donors (Lipinski definition) is 2. The van der Waals surface area contributed by atoms with Crippen LogP contribution in [-0.2, 0) is 11.2 Å². The maximum atomic E-state index is 13.7. The van der Waals surface area contributed by atoms with E-state index in [4.69, 9.17) is 4.74 Å². The molecule has 1 amide bonds. The molecule has 2 aromatic carbocycles. The highest BCUT2D eigenvalue weighted by atomic mass is 19.1. The Balaban J connectivity index is 1.77. The summed E-state index contributed by atoms with van der Waals surface area (Å²) in [4.78, 5) is 14.8. The zero-order chi connectivity index (χ0) is 19.2. The number of amides is 1. The van der Waals surface area contributed by atoms with Gasteiger partial charge in [0, 0.05) is 19.6 Å². The molecule has 1 atom stereocenters. The van der Waals surface area contributed by atoms with Gasteiger partial charge in [0.15, 0.2) is 0 Å². The Morgan fingerprint density at radius 3 is 2.74 bits per heavy atom. The fourth-order valence-corrected chi connectivity index (χ4v) is 3.33. The number of rotatable bonds is 6. The van der Waals surface area contributed by atoms with Gasteiger partial charge in [0.25, 0.3) is 5.91 Å². The number of nitrogens with one attached hydrogen (secondary N) is 1. The van der Waals surface area contributed by atoms with Gasteiger partial charge in [0.2, 0.25) is 0 Å². The van der Waals surface area contributed by atoms with Crippen LogP contribution >= 0.6 is 0 Å². The van der Waals surface area contributed by atoms with Crippen molar-refractivity contribution in [3.63, 3.8) is 0 Å². The van der Waals surface area contributed by atoms with E-state index in [1.54, 1.807) is 24.3 Å². The number of ether oxygens (including phenoxy) is 1. The zero-order valence-electron chi connectivity index (χ0n) is 15.5. The molecule has 1 fully saturated rings. The van der Waals surface area contributed by atoms with Crippen molar-refractivity contribution in [2.75, 3.05) is 32.8 Å². The Bertz CT molecular complexity index is 791. The first-order valence-electron chi connectivity index (χ1n) is 9.26. The van der Waals surface area contributed by atoms with Gasteiger partial charge in [-0.05, 0) is 41.8 Å². The first kappa shape index (κ1) is 19.3. The summed E-state index contributed by atoms with van der Waals surface area (Å²) < 4.78 is 19.1. The monoisotopic (exact) mass is 372 g/mol. The van der Waals surface area contributed by atoms with Crippen molar-refractivity contribution in [1.82, 2.24) is 10.2 Å². The van der Waals surface area contributed by atoms with Crippen LogP contribution in [-0.4, -0.2) is 48.8 Å². The molecule has 0 radical (unpaired) electrons. The molecule has 0 saturated carbocycles. The fraction of sp³-hybridized carbons (Fsp3) is 0.381. The predicted octanol–water partition coefficient (Wildman–Crippen LogP) is 2.90. The molecule has 1 unspecified atom stereocenters. The normalized spacial score (nSPS) is 16.1. The summed E-state index contributed by atoms with van der Waals surface area (Å²) in [7, 11) is 0. The standard InChI is InChI=1S/C21H25FN2O3/c1-2-15-6-7-20(25)18(12-15)21(26)23-14-19(24-8-10-27-11-9-24)16-4-3-5-17(22)13-16/h3-7,12-13,19,25H,2,8-11,14H2,1H3,(H,23,26). The molecule has 2 N–H and O–H groups in total. The van der Waals surface area contributed by atoms with Crippen LogP contribution in [0.15, 0.2) is 42.5 Å². The molecule has 5 nitrogen and oxygen atoms in total. The van der Waals surface area contributed by atoms with Crippen LogP contribution in [0.4, 0.5) is 4.39 Å². The molecule has 144 valence electrons. The number of carbonyl (C=O) groups excluding carboxylic acids is 1. The molecule has 2 aromatic rings. The number of phenolic OH excluding ortho intramolecular Hbond substituents is 1. The topological polar surface area (TPSA) is 61.8 Å². The van der Waals surface area contributed by atoms with Gasteiger partial charge in [-0.15, -0.1) is 0 Å². The Labute approximate surface area is 158 Å². The summed E-state index contributed by atoms with van der Waals surface area (Å²) in [6, 6.07) is 11.3. The van der Waals surface area contributed by atoms with Crippen molar-refractivity contribution in [3.8, 4) is 5.75 Å². The molecule has 1 saturated heterocycles. The summed E-state index contributed by atoms with van der Waals surface area (Å²) in [5.41, 5.74) is 2.05. The van der Waals surface area contributed by atoms with E-state index < -0.39 is 0 Å². The molecular formula is C21H25FN2O3. The highest BCUT2D eigenvalue weighted by molar-refractivity contribution is 5.97. The van der Waals surface area contributed by atoms with E-state index in [0.29, 0.717) is 32.8 Å². The van der Waals surface area contributed by atoms with Crippen LogP contribution in [0.25, 0.3) is 0 Å². The van der Waals surface area contributed by atoms with Crippen LogP contribution in [0.3, 0.4) is 0 Å². The van der Waals surface area contributed by atoms with E-state index in [1.165, 1.54) is 12.1 Å². The minimum Gasteiger partial charge on any atom is -0.507 e. The molecule has 27 heavy (non-hydrogen) atoms. The van der Waals surface area contributed by atoms with E-state index >= 15 is 0 Å². The molecule has 0 aromatic heterocycles. The first-order chi connectivity index (χ1) is 13.1. The minimum absolute atomic E-state index is 0.0432. The van der Waals surface area contributed by atoms with Crippen molar-refractivity contribution >= 4 is 5.91 Å². The van der Waals surface area contributed by atoms with Crippen LogP contribution in [0.1, 0.15) is 34.5 Å². The minimum atomic E-state index is -0.336. The van der Waals surface area contributed by atoms with Gasteiger partial charge in [-0.2, -0.15) is 0 Å². The van der Waals surface area contributed by atoms with Crippen LogP contribution in [0.5, 0.6) is 5.75 Å². The van der Waals surface area contributed by atoms with Crippen molar-refractivity contribution in [2.45, 2.75) is 19.4 Å². The van der Waals surface area contributed by atoms with Crippen molar-refractivity contribution < 1.29 is 19.0 Å². The number of aromatic hydroxyl groups is 1. The second-order valence-electron chi connectivity index (χ2n) is 6.63. The largest absolute Gasteiger partial charge is 0.507 e. The Morgan fingerprint density at radius 1 is 1.26 bits per heavy atom. The van der Waals surface area contributed by atoms with E-state index in [-0.39, 0.29) is 29.1 Å². The molecule has 1 heterocycles. The predicted molar refractivity (Wildman–Crippen MR) is 101 cm³/mol. The van der Waals surface area contributed by atoms with Crippen LogP contribution in [0.2, 0.25) is 0 Å². The van der Waals surface area contributed by atoms with Gasteiger partial charge < -0.3 is 15.2 Å². The third-order valence-electron chi connectivity index (χ3n) is 4.89. The summed E-state index contributed by atoms with van der Waals surface area (Å²) in [5.74, 6) is -0.679. The highest BCUT2D eigenvalue weighted by Gasteiger charge is 2.24. The first-order valence-corrected chi connectivity index (χ1v) is 9.26. The maximum Gasteiger partial charge on any atom is 0.255 e. The van der Waals surface area contributed by atoms with Crippen molar-refractivity contribution in [2.24, 2.45) is 0 Å². The fourth-order valence-electron chi connectivity index (χ4n) is 3.33. The van der Waals surface area contributed by atoms with E-state index in [2.05, 4.69) is 10.2 Å². The molecule has 0 aliphatic carbocycles. The summed E-state index contributed by atoms with van der Waals surface area (Å²) in [5, 5.41) is 12.9. The molecule has 0 bridgehead atoms. The number of phenols is 1. The van der Waals surface area contributed by atoms with Gasteiger partial charge in [0.1, 0.15) is 11.6 Å². The number of morpholine rings is 1. The average molecular weight is 372 g/mol. The third-order valence-corrected chi connectivity index (χ3v) is 4.89. The molecule has 1 aliphatic heterocycles. The lowest BCUT2D eigenvalue weighted by Gasteiger charge is -2.35. The van der Waals surface area contributed by atoms with E-state index in [0.717, 1.165) is 17.5 Å². The summed E-state index contributed by atoms with van der Waals surface area (Å²) >= 11 is 0. The van der Waals surface area contributed by atoms with Gasteiger partial charge >= 0.3 is 0 Å². The number of aryl methyl sites for hydroxylation is 1. The lowest BCUT2D eigenvalue weighted by atomic mass is 10.0.